The van der Waals surface area contributed by atoms with Crippen molar-refractivity contribution in [1.82, 2.24) is 14.7 Å². The Balaban J connectivity index is 2.25. The third kappa shape index (κ3) is 3.12. The largest absolute Gasteiger partial charge is 0.467 e. The SMILES string of the molecule is CCCn1nc(C(=O)N2CCC[C@H]2C(=O)OC)ccc1=O. The standard InChI is InChI=1S/C14H19N3O4/c1-3-8-17-12(18)7-6-10(15-17)13(19)16-9-4-5-11(16)14(20)21-2/h6-7,11H,3-5,8-9H2,1-2H3/t11-/m0/s1. The van der Waals surface area contributed by atoms with Gasteiger partial charge in [-0.2, -0.15) is 5.10 Å². The smallest absolute Gasteiger partial charge is 0.328 e. The number of ether oxygens (including phenoxy) is 1. The lowest BCUT2D eigenvalue weighted by Crippen LogP contribution is -2.42. The van der Waals surface area contributed by atoms with E-state index in [9.17, 15) is 14.4 Å². The normalized spacial score (nSPS) is 17.8. The van der Waals surface area contributed by atoms with E-state index in [0.29, 0.717) is 19.5 Å². The van der Waals surface area contributed by atoms with E-state index < -0.39 is 12.0 Å². The van der Waals surface area contributed by atoms with Gasteiger partial charge >= 0.3 is 5.97 Å². The first-order valence-electron chi connectivity index (χ1n) is 7.05. The molecular formula is C14H19N3O4. The molecule has 21 heavy (non-hydrogen) atoms. The van der Waals surface area contributed by atoms with Gasteiger partial charge < -0.3 is 9.64 Å². The molecule has 0 aliphatic carbocycles. The van der Waals surface area contributed by atoms with Gasteiger partial charge in [-0.25, -0.2) is 9.48 Å². The number of rotatable bonds is 4. The maximum absolute atomic E-state index is 12.5. The highest BCUT2D eigenvalue weighted by atomic mass is 16.5. The van der Waals surface area contributed by atoms with Crippen molar-refractivity contribution in [1.29, 1.82) is 0 Å². The van der Waals surface area contributed by atoms with E-state index >= 15 is 0 Å². The second kappa shape index (κ2) is 6.51. The predicted molar refractivity (Wildman–Crippen MR) is 74.9 cm³/mol. The lowest BCUT2D eigenvalue weighted by Gasteiger charge is -2.22. The quantitative estimate of drug-likeness (QED) is 0.752. The second-order valence-electron chi connectivity index (χ2n) is 4.96. The fraction of sp³-hybridized carbons (Fsp3) is 0.571. The van der Waals surface area contributed by atoms with Crippen molar-refractivity contribution in [3.05, 3.63) is 28.2 Å². The van der Waals surface area contributed by atoms with Crippen LogP contribution in [-0.4, -0.2) is 46.3 Å². The minimum Gasteiger partial charge on any atom is -0.467 e. The summed E-state index contributed by atoms with van der Waals surface area (Å²) in [6.07, 6.45) is 2.09. The van der Waals surface area contributed by atoms with Crippen molar-refractivity contribution in [3.8, 4) is 0 Å². The van der Waals surface area contributed by atoms with Gasteiger partial charge in [0.05, 0.1) is 7.11 Å². The summed E-state index contributed by atoms with van der Waals surface area (Å²) in [7, 11) is 1.31. The number of likely N-dealkylation sites (tertiary alicyclic amines) is 1. The molecule has 1 aromatic heterocycles. The van der Waals surface area contributed by atoms with E-state index in [-0.39, 0.29) is 17.2 Å². The summed E-state index contributed by atoms with van der Waals surface area (Å²) < 4.78 is 6.00. The van der Waals surface area contributed by atoms with Crippen molar-refractivity contribution >= 4 is 11.9 Å². The van der Waals surface area contributed by atoms with Crippen LogP contribution in [0.2, 0.25) is 0 Å². The first-order chi connectivity index (χ1) is 10.1. The summed E-state index contributed by atoms with van der Waals surface area (Å²) >= 11 is 0. The fourth-order valence-electron chi connectivity index (χ4n) is 2.47. The summed E-state index contributed by atoms with van der Waals surface area (Å²) in [5.74, 6) is -0.754. The van der Waals surface area contributed by atoms with E-state index in [4.69, 9.17) is 4.74 Å². The molecule has 0 unspecified atom stereocenters. The molecule has 1 saturated heterocycles. The van der Waals surface area contributed by atoms with E-state index in [2.05, 4.69) is 5.10 Å². The molecule has 7 nitrogen and oxygen atoms in total. The Morgan fingerprint density at radius 1 is 1.43 bits per heavy atom. The zero-order valence-corrected chi connectivity index (χ0v) is 12.2. The molecule has 114 valence electrons. The predicted octanol–water partition coefficient (Wildman–Crippen LogP) is 0.431. The zero-order chi connectivity index (χ0) is 15.4. The van der Waals surface area contributed by atoms with Crippen LogP contribution in [0.1, 0.15) is 36.7 Å². The summed E-state index contributed by atoms with van der Waals surface area (Å²) in [6, 6.07) is 2.18. The van der Waals surface area contributed by atoms with Gasteiger partial charge in [0, 0.05) is 19.2 Å². The molecular weight excluding hydrogens is 274 g/mol. The van der Waals surface area contributed by atoms with E-state index in [1.54, 1.807) is 0 Å². The molecule has 1 aromatic rings. The summed E-state index contributed by atoms with van der Waals surface area (Å²) in [6.45, 7) is 2.88. The third-order valence-electron chi connectivity index (χ3n) is 3.51. The minimum absolute atomic E-state index is 0.179. The first-order valence-corrected chi connectivity index (χ1v) is 7.05. The average molecular weight is 293 g/mol. The van der Waals surface area contributed by atoms with Gasteiger partial charge in [-0.1, -0.05) is 6.92 Å². The van der Waals surface area contributed by atoms with Crippen LogP contribution in [0.5, 0.6) is 0 Å². The van der Waals surface area contributed by atoms with E-state index in [0.717, 1.165) is 12.8 Å². The number of nitrogens with zero attached hydrogens (tertiary/aromatic N) is 3. The summed E-state index contributed by atoms with van der Waals surface area (Å²) in [4.78, 5) is 37.3. The summed E-state index contributed by atoms with van der Waals surface area (Å²) in [5, 5.41) is 4.09. The first kappa shape index (κ1) is 15.2. The number of hydrogen-bond donors (Lipinski definition) is 0. The molecule has 0 aromatic carbocycles. The van der Waals surface area contributed by atoms with Crippen LogP contribution >= 0.6 is 0 Å². The lowest BCUT2D eigenvalue weighted by atomic mass is 10.2. The van der Waals surface area contributed by atoms with Crippen LogP contribution in [-0.2, 0) is 16.1 Å². The van der Waals surface area contributed by atoms with Gasteiger partial charge in [0.1, 0.15) is 11.7 Å². The lowest BCUT2D eigenvalue weighted by molar-refractivity contribution is -0.145. The topological polar surface area (TPSA) is 81.5 Å². The van der Waals surface area contributed by atoms with Crippen molar-refractivity contribution in [2.75, 3.05) is 13.7 Å². The molecule has 7 heteroatoms. The van der Waals surface area contributed by atoms with Crippen LogP contribution in [0.3, 0.4) is 0 Å². The molecule has 0 radical (unpaired) electrons. The van der Waals surface area contributed by atoms with Crippen molar-refractivity contribution in [2.24, 2.45) is 0 Å². The van der Waals surface area contributed by atoms with Gasteiger partial charge in [-0.15, -0.1) is 0 Å². The van der Waals surface area contributed by atoms with Gasteiger partial charge in [0.2, 0.25) is 0 Å². The van der Waals surface area contributed by atoms with Gasteiger partial charge in [0.25, 0.3) is 11.5 Å². The van der Waals surface area contributed by atoms with Crippen molar-refractivity contribution < 1.29 is 14.3 Å². The highest BCUT2D eigenvalue weighted by Crippen LogP contribution is 2.20. The minimum atomic E-state index is -0.559. The van der Waals surface area contributed by atoms with Crippen LogP contribution in [0.4, 0.5) is 0 Å². The average Bonchev–Trinajstić information content (AvgIpc) is 2.97. The van der Waals surface area contributed by atoms with Gasteiger partial charge in [0.15, 0.2) is 0 Å². The highest BCUT2D eigenvalue weighted by Gasteiger charge is 2.35. The number of aromatic nitrogens is 2. The number of esters is 1. The molecule has 0 spiro atoms. The molecule has 1 fully saturated rings. The van der Waals surface area contributed by atoms with Crippen LogP contribution in [0.25, 0.3) is 0 Å². The molecule has 0 bridgehead atoms. The Bertz CT molecular complexity index is 596. The fourth-order valence-corrected chi connectivity index (χ4v) is 2.47. The Morgan fingerprint density at radius 2 is 2.19 bits per heavy atom. The molecule has 1 aliphatic heterocycles. The van der Waals surface area contributed by atoms with Crippen molar-refractivity contribution in [2.45, 2.75) is 38.8 Å². The Hall–Kier alpha value is -2.18. The Kier molecular flexibility index (Phi) is 4.72. The number of carbonyl (C=O) groups is 2. The number of aryl methyl sites for hydroxylation is 1. The maximum atomic E-state index is 12.5. The Labute approximate surface area is 122 Å². The number of methoxy groups -OCH3 is 1. The summed E-state index contributed by atoms with van der Waals surface area (Å²) in [5.41, 5.74) is -0.0572. The second-order valence-corrected chi connectivity index (χ2v) is 4.96. The molecule has 0 saturated carbocycles. The molecule has 1 aliphatic rings. The highest BCUT2D eigenvalue weighted by molar-refractivity contribution is 5.95. The van der Waals surface area contributed by atoms with Gasteiger partial charge in [-0.3, -0.25) is 9.59 Å². The van der Waals surface area contributed by atoms with E-state index in [1.807, 2.05) is 6.92 Å². The van der Waals surface area contributed by atoms with Crippen molar-refractivity contribution in [3.63, 3.8) is 0 Å². The maximum Gasteiger partial charge on any atom is 0.328 e. The molecule has 1 atom stereocenters. The van der Waals surface area contributed by atoms with Crippen LogP contribution in [0, 0.1) is 0 Å². The van der Waals surface area contributed by atoms with Crippen LogP contribution in [0.15, 0.2) is 16.9 Å². The number of amides is 1. The molecule has 1 amide bonds. The van der Waals surface area contributed by atoms with Gasteiger partial charge in [-0.05, 0) is 25.3 Å². The number of carbonyl (C=O) groups excluding carboxylic acids is 2. The number of hydrogen-bond acceptors (Lipinski definition) is 5. The molecule has 2 heterocycles. The third-order valence-corrected chi connectivity index (χ3v) is 3.51. The zero-order valence-electron chi connectivity index (χ0n) is 12.2. The Morgan fingerprint density at radius 3 is 2.86 bits per heavy atom. The monoisotopic (exact) mass is 293 g/mol. The molecule has 2 rings (SSSR count). The van der Waals surface area contributed by atoms with Crippen LogP contribution < -0.4 is 5.56 Å². The van der Waals surface area contributed by atoms with E-state index in [1.165, 1.54) is 28.8 Å². The molecule has 0 N–H and O–H groups in total.